The summed E-state index contributed by atoms with van der Waals surface area (Å²) in [6.07, 6.45) is 2.42. The summed E-state index contributed by atoms with van der Waals surface area (Å²) in [6, 6.07) is 8.74. The molecule has 2 aromatic heterocycles. The van der Waals surface area contributed by atoms with Gasteiger partial charge < -0.3 is 15.5 Å². The van der Waals surface area contributed by atoms with Crippen molar-refractivity contribution in [1.29, 1.82) is 0 Å². The predicted octanol–water partition coefficient (Wildman–Crippen LogP) is 1.98. The van der Waals surface area contributed by atoms with Crippen LogP contribution in [0.1, 0.15) is 36.3 Å². The highest BCUT2D eigenvalue weighted by Crippen LogP contribution is 2.18. The third-order valence-corrected chi connectivity index (χ3v) is 4.68. The Morgan fingerprint density at radius 1 is 1.07 bits per heavy atom. The lowest BCUT2D eigenvalue weighted by Crippen LogP contribution is -2.37. The number of nitrogens with zero attached hydrogens (tertiary/aromatic N) is 4. The van der Waals surface area contributed by atoms with E-state index in [1.165, 1.54) is 0 Å². The Balaban J connectivity index is 1.77. The summed E-state index contributed by atoms with van der Waals surface area (Å²) in [4.78, 5) is 37.5. The molecule has 0 saturated carbocycles. The molecular formula is C20H25N5O2. The highest BCUT2D eigenvalue weighted by Gasteiger charge is 2.22. The van der Waals surface area contributed by atoms with E-state index >= 15 is 0 Å². The van der Waals surface area contributed by atoms with Gasteiger partial charge in [0, 0.05) is 38.3 Å². The zero-order valence-corrected chi connectivity index (χ0v) is 15.8. The molecule has 0 aromatic carbocycles. The van der Waals surface area contributed by atoms with Gasteiger partial charge in [0.25, 0.3) is 0 Å². The molecule has 1 fully saturated rings. The molecule has 0 bridgehead atoms. The summed E-state index contributed by atoms with van der Waals surface area (Å²) in [7, 11) is 0. The fraction of sp³-hybridized carbons (Fsp3) is 0.400. The van der Waals surface area contributed by atoms with Gasteiger partial charge in [-0.2, -0.15) is 0 Å². The normalized spacial score (nSPS) is 14.9. The standard InChI is InChI=1S/C20H25N5O2/c1-14(2)20(27)25-11-5-10-24(12-13-25)17-8-3-7-16(23-17)18(26)15-6-4-9-22-19(15)21/h3-4,6-9,14H,5,10-13H2,1-2H3,(H2,21,22). The van der Waals surface area contributed by atoms with Crippen molar-refractivity contribution in [3.05, 3.63) is 47.8 Å². The van der Waals surface area contributed by atoms with Crippen molar-refractivity contribution in [3.8, 4) is 0 Å². The molecule has 142 valence electrons. The van der Waals surface area contributed by atoms with Crippen LogP contribution in [-0.4, -0.2) is 52.7 Å². The van der Waals surface area contributed by atoms with Crippen LogP contribution in [-0.2, 0) is 4.79 Å². The quantitative estimate of drug-likeness (QED) is 0.831. The van der Waals surface area contributed by atoms with Crippen molar-refractivity contribution in [2.75, 3.05) is 36.8 Å². The molecule has 1 aliphatic rings. The molecule has 1 saturated heterocycles. The Hall–Kier alpha value is -2.96. The highest BCUT2D eigenvalue weighted by atomic mass is 16.2. The number of carbonyl (C=O) groups excluding carboxylic acids is 2. The molecule has 1 aliphatic heterocycles. The number of pyridine rings is 2. The molecular weight excluding hydrogens is 342 g/mol. The average molecular weight is 367 g/mol. The van der Waals surface area contributed by atoms with Crippen molar-refractivity contribution < 1.29 is 9.59 Å². The van der Waals surface area contributed by atoms with Crippen molar-refractivity contribution in [2.24, 2.45) is 5.92 Å². The van der Waals surface area contributed by atoms with E-state index in [9.17, 15) is 9.59 Å². The zero-order chi connectivity index (χ0) is 19.4. The highest BCUT2D eigenvalue weighted by molar-refractivity contribution is 6.10. The summed E-state index contributed by atoms with van der Waals surface area (Å²) in [5.41, 5.74) is 6.51. The van der Waals surface area contributed by atoms with Gasteiger partial charge in [-0.1, -0.05) is 19.9 Å². The summed E-state index contributed by atoms with van der Waals surface area (Å²) >= 11 is 0. The van der Waals surface area contributed by atoms with E-state index in [0.717, 1.165) is 25.3 Å². The van der Waals surface area contributed by atoms with Crippen LogP contribution in [0.15, 0.2) is 36.5 Å². The lowest BCUT2D eigenvalue weighted by molar-refractivity contribution is -0.134. The van der Waals surface area contributed by atoms with Gasteiger partial charge >= 0.3 is 0 Å². The summed E-state index contributed by atoms with van der Waals surface area (Å²) in [6.45, 7) is 6.74. The van der Waals surface area contributed by atoms with Crippen LogP contribution in [0.3, 0.4) is 0 Å². The fourth-order valence-electron chi connectivity index (χ4n) is 3.21. The number of amides is 1. The average Bonchev–Trinajstić information content (AvgIpc) is 2.93. The maximum atomic E-state index is 12.7. The summed E-state index contributed by atoms with van der Waals surface area (Å²) < 4.78 is 0. The lowest BCUT2D eigenvalue weighted by Gasteiger charge is -2.24. The minimum absolute atomic E-state index is 0.000523. The van der Waals surface area contributed by atoms with Gasteiger partial charge in [0.05, 0.1) is 5.56 Å². The Morgan fingerprint density at radius 3 is 2.63 bits per heavy atom. The predicted molar refractivity (Wildman–Crippen MR) is 105 cm³/mol. The van der Waals surface area contributed by atoms with Gasteiger partial charge in [-0.15, -0.1) is 0 Å². The molecule has 3 heterocycles. The van der Waals surface area contributed by atoms with Crippen molar-refractivity contribution in [3.63, 3.8) is 0 Å². The maximum Gasteiger partial charge on any atom is 0.225 e. The molecule has 27 heavy (non-hydrogen) atoms. The van der Waals surface area contributed by atoms with Crippen molar-refractivity contribution in [2.45, 2.75) is 20.3 Å². The zero-order valence-electron chi connectivity index (χ0n) is 15.8. The number of anilines is 2. The molecule has 2 N–H and O–H groups in total. The molecule has 2 aromatic rings. The van der Waals surface area contributed by atoms with Gasteiger partial charge in [-0.05, 0) is 30.7 Å². The minimum atomic E-state index is -0.242. The summed E-state index contributed by atoms with van der Waals surface area (Å²) in [5, 5.41) is 0. The van der Waals surface area contributed by atoms with E-state index in [0.29, 0.717) is 24.3 Å². The molecule has 0 aliphatic carbocycles. The minimum Gasteiger partial charge on any atom is -0.383 e. The van der Waals surface area contributed by atoms with Gasteiger partial charge in [0.1, 0.15) is 17.3 Å². The second-order valence-electron chi connectivity index (χ2n) is 6.97. The number of nitrogens with two attached hydrogens (primary N) is 1. The van der Waals surface area contributed by atoms with E-state index in [1.54, 1.807) is 24.4 Å². The molecule has 0 radical (unpaired) electrons. The Morgan fingerprint density at radius 2 is 1.89 bits per heavy atom. The second-order valence-corrected chi connectivity index (χ2v) is 6.97. The first-order valence-corrected chi connectivity index (χ1v) is 9.23. The van der Waals surface area contributed by atoms with Gasteiger partial charge in [0.2, 0.25) is 11.7 Å². The summed E-state index contributed by atoms with van der Waals surface area (Å²) in [5.74, 6) is 0.879. The lowest BCUT2D eigenvalue weighted by atomic mass is 10.1. The second kappa shape index (κ2) is 8.16. The van der Waals surface area contributed by atoms with Gasteiger partial charge in [-0.3, -0.25) is 9.59 Å². The van der Waals surface area contributed by atoms with Crippen LogP contribution < -0.4 is 10.6 Å². The van der Waals surface area contributed by atoms with Crippen LogP contribution >= 0.6 is 0 Å². The largest absolute Gasteiger partial charge is 0.383 e. The fourth-order valence-corrected chi connectivity index (χ4v) is 3.21. The van der Waals surface area contributed by atoms with Crippen LogP contribution in [0, 0.1) is 5.92 Å². The number of nitrogen functional groups attached to an aromatic ring is 1. The molecule has 7 nitrogen and oxygen atoms in total. The molecule has 1 amide bonds. The number of carbonyl (C=O) groups is 2. The Kier molecular flexibility index (Phi) is 5.69. The molecule has 7 heteroatoms. The van der Waals surface area contributed by atoms with Gasteiger partial charge in [0.15, 0.2) is 0 Å². The molecule has 3 rings (SSSR count). The van der Waals surface area contributed by atoms with Gasteiger partial charge in [-0.25, -0.2) is 9.97 Å². The monoisotopic (exact) mass is 367 g/mol. The van der Waals surface area contributed by atoms with E-state index in [-0.39, 0.29) is 23.4 Å². The Labute approximate surface area is 159 Å². The third-order valence-electron chi connectivity index (χ3n) is 4.68. The first kappa shape index (κ1) is 18.8. The van der Waals surface area contributed by atoms with E-state index in [4.69, 9.17) is 5.73 Å². The van der Waals surface area contributed by atoms with E-state index < -0.39 is 0 Å². The molecule has 0 spiro atoms. The van der Waals surface area contributed by atoms with E-state index in [1.807, 2.05) is 30.9 Å². The van der Waals surface area contributed by atoms with Crippen molar-refractivity contribution in [1.82, 2.24) is 14.9 Å². The number of ketones is 1. The van der Waals surface area contributed by atoms with Crippen LogP contribution in [0.5, 0.6) is 0 Å². The topological polar surface area (TPSA) is 92.4 Å². The molecule has 0 unspecified atom stereocenters. The first-order valence-electron chi connectivity index (χ1n) is 9.23. The first-order chi connectivity index (χ1) is 13.0. The van der Waals surface area contributed by atoms with Crippen molar-refractivity contribution >= 4 is 23.3 Å². The van der Waals surface area contributed by atoms with Crippen LogP contribution in [0.2, 0.25) is 0 Å². The number of rotatable bonds is 4. The SMILES string of the molecule is CC(C)C(=O)N1CCCN(c2cccc(C(=O)c3cccnc3N)n2)CC1. The number of hydrogen-bond acceptors (Lipinski definition) is 6. The van der Waals surface area contributed by atoms with Crippen LogP contribution in [0.4, 0.5) is 11.6 Å². The molecule has 0 atom stereocenters. The Bertz CT molecular complexity index is 837. The smallest absolute Gasteiger partial charge is 0.225 e. The number of hydrogen-bond donors (Lipinski definition) is 1. The number of aromatic nitrogens is 2. The third kappa shape index (κ3) is 4.24. The maximum absolute atomic E-state index is 12.7. The van der Waals surface area contributed by atoms with Crippen LogP contribution in [0.25, 0.3) is 0 Å². The van der Waals surface area contributed by atoms with E-state index in [2.05, 4.69) is 14.9 Å².